The molecule has 5 nitrogen and oxygen atoms in total. The molecule has 1 atom stereocenters. The van der Waals surface area contributed by atoms with Crippen LogP contribution in [0.2, 0.25) is 0 Å². The summed E-state index contributed by atoms with van der Waals surface area (Å²) in [6.07, 6.45) is 3.17. The van der Waals surface area contributed by atoms with Crippen LogP contribution in [0.5, 0.6) is 0 Å². The van der Waals surface area contributed by atoms with E-state index in [4.69, 9.17) is 10.5 Å². The van der Waals surface area contributed by atoms with E-state index in [1.807, 2.05) is 0 Å². The summed E-state index contributed by atoms with van der Waals surface area (Å²) < 4.78 is 5.12. The molecule has 0 saturated carbocycles. The lowest BCUT2D eigenvalue weighted by Gasteiger charge is -2.21. The average molecular weight is 210 g/mol. The fourth-order valence-electron chi connectivity index (χ4n) is 1.16. The van der Waals surface area contributed by atoms with E-state index in [1.165, 1.54) is 0 Å². The van der Waals surface area contributed by atoms with Crippen molar-refractivity contribution in [1.82, 2.24) is 9.97 Å². The van der Waals surface area contributed by atoms with Gasteiger partial charge in [0.15, 0.2) is 0 Å². The SMILES string of the molecule is COCC(Nc1ncc(N)cn1)C(C)C. The summed E-state index contributed by atoms with van der Waals surface area (Å²) in [5.74, 6) is 1.03. The zero-order valence-electron chi connectivity index (χ0n) is 9.40. The number of nitrogen functional groups attached to an aromatic ring is 1. The second-order valence-electron chi connectivity index (χ2n) is 3.79. The Bertz CT molecular complexity index is 286. The zero-order chi connectivity index (χ0) is 11.3. The Morgan fingerprint density at radius 1 is 1.40 bits per heavy atom. The fraction of sp³-hybridized carbons (Fsp3) is 0.600. The number of hydrogen-bond acceptors (Lipinski definition) is 5. The van der Waals surface area contributed by atoms with E-state index in [9.17, 15) is 0 Å². The third kappa shape index (κ3) is 3.71. The van der Waals surface area contributed by atoms with Gasteiger partial charge in [0.05, 0.1) is 30.7 Å². The summed E-state index contributed by atoms with van der Waals surface area (Å²) in [7, 11) is 1.68. The van der Waals surface area contributed by atoms with Gasteiger partial charge in [0.25, 0.3) is 0 Å². The van der Waals surface area contributed by atoms with Crippen LogP contribution in [0.1, 0.15) is 13.8 Å². The third-order valence-electron chi connectivity index (χ3n) is 2.14. The number of ether oxygens (including phenoxy) is 1. The van der Waals surface area contributed by atoms with E-state index in [-0.39, 0.29) is 6.04 Å². The number of hydrogen-bond donors (Lipinski definition) is 2. The largest absolute Gasteiger partial charge is 0.396 e. The Morgan fingerprint density at radius 2 is 2.00 bits per heavy atom. The van der Waals surface area contributed by atoms with Gasteiger partial charge in [0, 0.05) is 7.11 Å². The van der Waals surface area contributed by atoms with E-state index in [1.54, 1.807) is 19.5 Å². The van der Waals surface area contributed by atoms with Gasteiger partial charge in [-0.1, -0.05) is 13.8 Å². The van der Waals surface area contributed by atoms with Crippen LogP contribution in [0.25, 0.3) is 0 Å². The van der Waals surface area contributed by atoms with Gasteiger partial charge in [-0.05, 0) is 5.92 Å². The van der Waals surface area contributed by atoms with E-state index < -0.39 is 0 Å². The summed E-state index contributed by atoms with van der Waals surface area (Å²) >= 11 is 0. The van der Waals surface area contributed by atoms with E-state index >= 15 is 0 Å². The van der Waals surface area contributed by atoms with Crippen LogP contribution in [-0.4, -0.2) is 29.7 Å². The van der Waals surface area contributed by atoms with Gasteiger partial charge in [0.1, 0.15) is 0 Å². The van der Waals surface area contributed by atoms with Crippen molar-refractivity contribution in [3.63, 3.8) is 0 Å². The number of methoxy groups -OCH3 is 1. The first-order valence-corrected chi connectivity index (χ1v) is 4.96. The molecule has 0 fully saturated rings. The number of nitrogens with one attached hydrogen (secondary N) is 1. The molecule has 0 radical (unpaired) electrons. The van der Waals surface area contributed by atoms with Gasteiger partial charge in [-0.15, -0.1) is 0 Å². The van der Waals surface area contributed by atoms with Crippen LogP contribution in [0.4, 0.5) is 11.6 Å². The van der Waals surface area contributed by atoms with Crippen molar-refractivity contribution in [3.8, 4) is 0 Å². The Balaban J connectivity index is 2.61. The molecule has 1 heterocycles. The van der Waals surface area contributed by atoms with E-state index in [0.717, 1.165) is 0 Å². The highest BCUT2D eigenvalue weighted by Gasteiger charge is 2.13. The van der Waals surface area contributed by atoms with Crippen molar-refractivity contribution >= 4 is 11.6 Å². The molecule has 1 aromatic heterocycles. The van der Waals surface area contributed by atoms with Crippen LogP contribution in [0.15, 0.2) is 12.4 Å². The van der Waals surface area contributed by atoms with Gasteiger partial charge in [-0.25, -0.2) is 9.97 Å². The van der Waals surface area contributed by atoms with Crippen molar-refractivity contribution < 1.29 is 4.74 Å². The lowest BCUT2D eigenvalue weighted by Crippen LogP contribution is -2.31. The smallest absolute Gasteiger partial charge is 0.223 e. The second kappa shape index (κ2) is 5.50. The summed E-state index contributed by atoms with van der Waals surface area (Å²) in [6.45, 7) is 4.87. The zero-order valence-corrected chi connectivity index (χ0v) is 9.40. The molecule has 0 aromatic carbocycles. The van der Waals surface area contributed by atoms with Gasteiger partial charge >= 0.3 is 0 Å². The Hall–Kier alpha value is -1.36. The van der Waals surface area contributed by atoms with Gasteiger partial charge < -0.3 is 15.8 Å². The maximum atomic E-state index is 5.50. The molecule has 0 bridgehead atoms. The predicted octanol–water partition coefficient (Wildman–Crippen LogP) is 1.14. The molecule has 84 valence electrons. The summed E-state index contributed by atoms with van der Waals surface area (Å²) in [6, 6.07) is 0.207. The van der Waals surface area contributed by atoms with E-state index in [2.05, 4.69) is 29.1 Å². The highest BCUT2D eigenvalue weighted by atomic mass is 16.5. The minimum absolute atomic E-state index is 0.207. The molecule has 3 N–H and O–H groups in total. The van der Waals surface area contributed by atoms with Crippen molar-refractivity contribution in [2.75, 3.05) is 24.8 Å². The Kier molecular flexibility index (Phi) is 4.30. The summed E-state index contributed by atoms with van der Waals surface area (Å²) in [4.78, 5) is 8.16. The standard InChI is InChI=1S/C10H18N4O/c1-7(2)9(6-15-3)14-10-12-4-8(11)5-13-10/h4-5,7,9H,6,11H2,1-3H3,(H,12,13,14). The molecule has 1 unspecified atom stereocenters. The maximum Gasteiger partial charge on any atom is 0.223 e. The van der Waals surface area contributed by atoms with Crippen LogP contribution in [0, 0.1) is 5.92 Å². The number of nitrogens with zero attached hydrogens (tertiary/aromatic N) is 2. The van der Waals surface area contributed by atoms with Crippen molar-refractivity contribution in [2.45, 2.75) is 19.9 Å². The first-order valence-electron chi connectivity index (χ1n) is 4.96. The minimum Gasteiger partial charge on any atom is -0.396 e. The van der Waals surface area contributed by atoms with Gasteiger partial charge in [-0.3, -0.25) is 0 Å². The van der Waals surface area contributed by atoms with Gasteiger partial charge in [0.2, 0.25) is 5.95 Å². The van der Waals surface area contributed by atoms with Crippen LogP contribution in [-0.2, 0) is 4.74 Å². The molecule has 0 spiro atoms. The fourth-order valence-corrected chi connectivity index (χ4v) is 1.16. The molecule has 0 aliphatic rings. The predicted molar refractivity (Wildman–Crippen MR) is 60.6 cm³/mol. The first kappa shape index (κ1) is 11.7. The second-order valence-corrected chi connectivity index (χ2v) is 3.79. The quantitative estimate of drug-likeness (QED) is 0.762. The minimum atomic E-state index is 0.207. The first-order chi connectivity index (χ1) is 7.13. The molecular weight excluding hydrogens is 192 g/mol. The van der Waals surface area contributed by atoms with Crippen molar-refractivity contribution in [3.05, 3.63) is 12.4 Å². The van der Waals surface area contributed by atoms with Gasteiger partial charge in [-0.2, -0.15) is 0 Å². The van der Waals surface area contributed by atoms with Crippen molar-refractivity contribution in [1.29, 1.82) is 0 Å². The molecule has 15 heavy (non-hydrogen) atoms. The molecule has 5 heteroatoms. The average Bonchev–Trinajstić information content (AvgIpc) is 2.20. The number of nitrogens with two attached hydrogens (primary N) is 1. The topological polar surface area (TPSA) is 73.1 Å². The maximum absolute atomic E-state index is 5.50. The molecule has 0 aliphatic heterocycles. The molecule has 1 aromatic rings. The normalized spacial score (nSPS) is 12.8. The number of aromatic nitrogens is 2. The summed E-state index contributed by atoms with van der Waals surface area (Å²) in [5.41, 5.74) is 6.06. The highest BCUT2D eigenvalue weighted by Crippen LogP contribution is 2.09. The molecule has 0 saturated heterocycles. The number of rotatable bonds is 5. The van der Waals surface area contributed by atoms with Crippen LogP contribution in [0.3, 0.4) is 0 Å². The summed E-state index contributed by atoms with van der Waals surface area (Å²) in [5, 5.41) is 3.20. The monoisotopic (exact) mass is 210 g/mol. The number of anilines is 2. The van der Waals surface area contributed by atoms with Crippen LogP contribution >= 0.6 is 0 Å². The molecule has 0 amide bonds. The van der Waals surface area contributed by atoms with Crippen LogP contribution < -0.4 is 11.1 Å². The Labute approximate surface area is 90.1 Å². The highest BCUT2D eigenvalue weighted by molar-refractivity contribution is 5.36. The third-order valence-corrected chi connectivity index (χ3v) is 2.14. The van der Waals surface area contributed by atoms with Crippen molar-refractivity contribution in [2.24, 2.45) is 5.92 Å². The molecule has 0 aliphatic carbocycles. The molecular formula is C10H18N4O. The molecule has 1 rings (SSSR count). The lowest BCUT2D eigenvalue weighted by molar-refractivity contribution is 0.171. The Morgan fingerprint density at radius 3 is 2.47 bits per heavy atom. The van der Waals surface area contributed by atoms with E-state index in [0.29, 0.717) is 24.2 Å². The lowest BCUT2D eigenvalue weighted by atomic mass is 10.1.